The Morgan fingerprint density at radius 1 is 1.00 bits per heavy atom. The van der Waals surface area contributed by atoms with Crippen LogP contribution in [0.25, 0.3) is 0 Å². The molecule has 1 N–H and O–H groups in total. The summed E-state index contributed by atoms with van der Waals surface area (Å²) >= 11 is 0. The van der Waals surface area contributed by atoms with Crippen LogP contribution in [-0.2, 0) is 0 Å². The van der Waals surface area contributed by atoms with E-state index in [4.69, 9.17) is 4.74 Å². The van der Waals surface area contributed by atoms with Gasteiger partial charge in [-0.15, -0.1) is 0 Å². The minimum Gasteiger partial charge on any atom is -0.490 e. The number of hydrogen-bond acceptors (Lipinski definition) is 2. The lowest BCUT2D eigenvalue weighted by molar-refractivity contribution is 0.209. The summed E-state index contributed by atoms with van der Waals surface area (Å²) in [6.45, 7) is 2.30. The number of benzene rings is 1. The van der Waals surface area contributed by atoms with Gasteiger partial charge in [-0.05, 0) is 75.2 Å². The van der Waals surface area contributed by atoms with Crippen molar-refractivity contribution in [3.63, 3.8) is 0 Å². The van der Waals surface area contributed by atoms with Crippen LogP contribution in [0.15, 0.2) is 24.3 Å². The van der Waals surface area contributed by atoms with Crippen molar-refractivity contribution in [3.8, 4) is 5.75 Å². The molecule has 0 radical (unpaired) electrons. The van der Waals surface area contributed by atoms with E-state index in [0.717, 1.165) is 24.8 Å². The first-order valence-electron chi connectivity index (χ1n) is 7.39. The molecule has 2 fully saturated rings. The predicted molar refractivity (Wildman–Crippen MR) is 74.2 cm³/mol. The molecule has 0 bridgehead atoms. The second kappa shape index (κ2) is 5.75. The highest BCUT2D eigenvalue weighted by atomic mass is 16.5. The first-order chi connectivity index (χ1) is 8.92. The van der Waals surface area contributed by atoms with Gasteiger partial charge < -0.3 is 10.1 Å². The molecule has 0 aromatic heterocycles. The maximum atomic E-state index is 6.09. The summed E-state index contributed by atoms with van der Waals surface area (Å²) in [6, 6.07) is 8.80. The minimum atomic E-state index is 0.466. The third-order valence-corrected chi connectivity index (χ3v) is 4.27. The molecular weight excluding hydrogens is 222 g/mol. The zero-order chi connectivity index (χ0) is 12.2. The van der Waals surface area contributed by atoms with Crippen LogP contribution < -0.4 is 10.1 Å². The fourth-order valence-corrected chi connectivity index (χ4v) is 3.20. The maximum absolute atomic E-state index is 6.09. The Labute approximate surface area is 110 Å². The Balaban J connectivity index is 1.67. The van der Waals surface area contributed by atoms with E-state index in [-0.39, 0.29) is 0 Å². The Morgan fingerprint density at radius 2 is 1.78 bits per heavy atom. The average molecular weight is 245 g/mol. The van der Waals surface area contributed by atoms with Gasteiger partial charge in [-0.2, -0.15) is 0 Å². The number of nitrogens with one attached hydrogen (secondary N) is 1. The maximum Gasteiger partial charge on any atom is 0.119 e. The summed E-state index contributed by atoms with van der Waals surface area (Å²) in [5.74, 6) is 1.80. The van der Waals surface area contributed by atoms with Gasteiger partial charge in [0.2, 0.25) is 0 Å². The van der Waals surface area contributed by atoms with Crippen molar-refractivity contribution >= 4 is 0 Å². The van der Waals surface area contributed by atoms with Crippen LogP contribution in [0.3, 0.4) is 0 Å². The van der Waals surface area contributed by atoms with Crippen LogP contribution in [0.1, 0.15) is 50.0 Å². The second-order valence-electron chi connectivity index (χ2n) is 5.62. The van der Waals surface area contributed by atoms with Crippen LogP contribution in [0, 0.1) is 0 Å². The molecule has 0 unspecified atom stereocenters. The quantitative estimate of drug-likeness (QED) is 0.880. The molecule has 98 valence electrons. The van der Waals surface area contributed by atoms with E-state index in [1.807, 2.05) is 0 Å². The lowest BCUT2D eigenvalue weighted by Crippen LogP contribution is -2.26. The summed E-state index contributed by atoms with van der Waals surface area (Å²) in [5.41, 5.74) is 1.46. The van der Waals surface area contributed by atoms with Crippen LogP contribution >= 0.6 is 0 Å². The van der Waals surface area contributed by atoms with Gasteiger partial charge in [0.15, 0.2) is 0 Å². The Bertz CT molecular complexity index is 378. The monoisotopic (exact) mass is 245 g/mol. The molecule has 0 amide bonds. The molecule has 2 nitrogen and oxygen atoms in total. The summed E-state index contributed by atoms with van der Waals surface area (Å²) in [4.78, 5) is 0. The van der Waals surface area contributed by atoms with Gasteiger partial charge in [0.1, 0.15) is 5.75 Å². The first kappa shape index (κ1) is 12.0. The van der Waals surface area contributed by atoms with E-state index < -0.39 is 0 Å². The lowest BCUT2D eigenvalue weighted by Gasteiger charge is -2.23. The Morgan fingerprint density at radius 3 is 2.56 bits per heavy atom. The van der Waals surface area contributed by atoms with Gasteiger partial charge in [0.25, 0.3) is 0 Å². The molecule has 2 aliphatic rings. The van der Waals surface area contributed by atoms with Crippen molar-refractivity contribution < 1.29 is 4.74 Å². The van der Waals surface area contributed by atoms with Crippen molar-refractivity contribution in [2.75, 3.05) is 13.1 Å². The van der Waals surface area contributed by atoms with Gasteiger partial charge in [-0.3, -0.25) is 0 Å². The van der Waals surface area contributed by atoms with Gasteiger partial charge in [0.05, 0.1) is 6.10 Å². The molecule has 1 aliphatic carbocycles. The highest BCUT2D eigenvalue weighted by molar-refractivity contribution is 5.31. The molecule has 1 saturated carbocycles. The van der Waals surface area contributed by atoms with Crippen LogP contribution in [-0.4, -0.2) is 19.2 Å². The van der Waals surface area contributed by atoms with Crippen LogP contribution in [0.4, 0.5) is 0 Å². The van der Waals surface area contributed by atoms with Gasteiger partial charge in [0, 0.05) is 0 Å². The molecule has 1 aromatic rings. The summed E-state index contributed by atoms with van der Waals surface area (Å²) in [7, 11) is 0. The van der Waals surface area contributed by atoms with Gasteiger partial charge >= 0.3 is 0 Å². The van der Waals surface area contributed by atoms with Crippen molar-refractivity contribution in [2.45, 2.75) is 50.5 Å². The number of piperidine rings is 1. The van der Waals surface area contributed by atoms with Crippen molar-refractivity contribution in [3.05, 3.63) is 29.8 Å². The van der Waals surface area contributed by atoms with Gasteiger partial charge in [-0.1, -0.05) is 12.1 Å². The Kier molecular flexibility index (Phi) is 3.84. The largest absolute Gasteiger partial charge is 0.490 e. The van der Waals surface area contributed by atoms with Crippen LogP contribution in [0.2, 0.25) is 0 Å². The second-order valence-corrected chi connectivity index (χ2v) is 5.62. The predicted octanol–water partition coefficient (Wildman–Crippen LogP) is 3.48. The fraction of sp³-hybridized carbons (Fsp3) is 0.625. The molecule has 1 heterocycles. The van der Waals surface area contributed by atoms with Crippen molar-refractivity contribution in [2.24, 2.45) is 0 Å². The third kappa shape index (κ3) is 2.86. The standard InChI is InChI=1S/C16H23NO/c1-2-6-15(5-1)18-16-7-3-4-14(12-16)13-8-10-17-11-9-13/h3-4,7,12-13,15,17H,1-2,5-6,8-11H2. The van der Waals surface area contributed by atoms with E-state index in [1.165, 1.54) is 44.1 Å². The summed E-state index contributed by atoms with van der Waals surface area (Å²) < 4.78 is 6.09. The third-order valence-electron chi connectivity index (χ3n) is 4.27. The molecule has 1 saturated heterocycles. The lowest BCUT2D eigenvalue weighted by atomic mass is 9.90. The molecule has 2 heteroatoms. The smallest absolute Gasteiger partial charge is 0.119 e. The number of hydrogen-bond donors (Lipinski definition) is 1. The van der Waals surface area contributed by atoms with E-state index in [9.17, 15) is 0 Å². The molecular formula is C16H23NO. The number of rotatable bonds is 3. The van der Waals surface area contributed by atoms with Crippen LogP contribution in [0.5, 0.6) is 5.75 Å². The normalized spacial score (nSPS) is 22.2. The first-order valence-corrected chi connectivity index (χ1v) is 7.39. The highest BCUT2D eigenvalue weighted by Crippen LogP contribution is 2.29. The topological polar surface area (TPSA) is 21.3 Å². The zero-order valence-corrected chi connectivity index (χ0v) is 11.0. The Hall–Kier alpha value is -1.02. The highest BCUT2D eigenvalue weighted by Gasteiger charge is 2.18. The van der Waals surface area contributed by atoms with E-state index in [0.29, 0.717) is 6.10 Å². The molecule has 0 spiro atoms. The molecule has 0 atom stereocenters. The SMILES string of the molecule is c1cc(OC2CCCC2)cc(C2CCNCC2)c1. The molecule has 18 heavy (non-hydrogen) atoms. The van der Waals surface area contributed by atoms with Crippen molar-refractivity contribution in [1.29, 1.82) is 0 Å². The number of ether oxygens (including phenoxy) is 1. The molecule has 1 aromatic carbocycles. The average Bonchev–Trinajstić information content (AvgIpc) is 2.93. The summed E-state index contributed by atoms with van der Waals surface area (Å²) in [6.07, 6.45) is 8.11. The molecule has 1 aliphatic heterocycles. The zero-order valence-electron chi connectivity index (χ0n) is 11.0. The van der Waals surface area contributed by atoms with Gasteiger partial charge in [-0.25, -0.2) is 0 Å². The summed E-state index contributed by atoms with van der Waals surface area (Å²) in [5, 5.41) is 3.43. The molecule has 3 rings (SSSR count). The fourth-order valence-electron chi connectivity index (χ4n) is 3.20. The van der Waals surface area contributed by atoms with Crippen molar-refractivity contribution in [1.82, 2.24) is 5.32 Å². The van der Waals surface area contributed by atoms with E-state index in [2.05, 4.69) is 29.6 Å². The van der Waals surface area contributed by atoms with E-state index >= 15 is 0 Å². The minimum absolute atomic E-state index is 0.466. The van der Waals surface area contributed by atoms with E-state index in [1.54, 1.807) is 0 Å².